The van der Waals surface area contributed by atoms with Gasteiger partial charge < -0.3 is 15.7 Å². The fourth-order valence-corrected chi connectivity index (χ4v) is 4.39. The van der Waals surface area contributed by atoms with Crippen LogP contribution in [0.25, 0.3) is 0 Å². The molecule has 5 nitrogen and oxygen atoms in total. The molecule has 2 amide bonds. The highest BCUT2D eigenvalue weighted by Gasteiger charge is 2.36. The number of rotatable bonds is 5. The van der Waals surface area contributed by atoms with Gasteiger partial charge in [-0.1, -0.05) is 19.3 Å². The molecule has 1 heterocycles. The van der Waals surface area contributed by atoms with Crippen molar-refractivity contribution < 1.29 is 9.90 Å². The first-order valence-electron chi connectivity index (χ1n) is 8.77. The predicted molar refractivity (Wildman–Crippen MR) is 91.4 cm³/mol. The van der Waals surface area contributed by atoms with Crippen molar-refractivity contribution in [2.75, 3.05) is 6.61 Å². The topological polar surface area (TPSA) is 74.2 Å². The fraction of sp³-hybridized carbons (Fsp3) is 0.765. The van der Waals surface area contributed by atoms with E-state index in [0.717, 1.165) is 43.5 Å². The van der Waals surface area contributed by atoms with Gasteiger partial charge in [-0.25, -0.2) is 9.78 Å². The average Bonchev–Trinajstić information content (AvgIpc) is 3.31. The van der Waals surface area contributed by atoms with Crippen LogP contribution in [0, 0.1) is 18.8 Å². The third-order valence-corrected chi connectivity index (χ3v) is 5.99. The van der Waals surface area contributed by atoms with Gasteiger partial charge in [0.15, 0.2) is 0 Å². The Balaban J connectivity index is 1.60. The lowest BCUT2D eigenvalue weighted by atomic mass is 9.96. The highest BCUT2D eigenvalue weighted by molar-refractivity contribution is 7.11. The van der Waals surface area contributed by atoms with E-state index < -0.39 is 0 Å². The number of aryl methyl sites for hydroxylation is 1. The van der Waals surface area contributed by atoms with Gasteiger partial charge in [-0.3, -0.25) is 0 Å². The van der Waals surface area contributed by atoms with Crippen LogP contribution in [-0.2, 0) is 0 Å². The summed E-state index contributed by atoms with van der Waals surface area (Å²) < 4.78 is 0. The first-order valence-corrected chi connectivity index (χ1v) is 9.59. The second-order valence-corrected chi connectivity index (χ2v) is 8.20. The van der Waals surface area contributed by atoms with E-state index in [9.17, 15) is 9.90 Å². The lowest BCUT2D eigenvalue weighted by Crippen LogP contribution is -2.47. The molecule has 2 saturated carbocycles. The van der Waals surface area contributed by atoms with Crippen LogP contribution in [0.15, 0.2) is 6.20 Å². The standard InChI is InChI=1S/C17H27N3O2S/c1-11-9-18-16(23-11)15(12-7-8-12)20-17(22)19-14-6-4-2-3-5-13(14)10-21/h9,12-15,21H,2-8,10H2,1H3,(H2,19,20,22). The molecule has 2 aliphatic rings. The minimum atomic E-state index is -0.111. The van der Waals surface area contributed by atoms with Gasteiger partial charge in [0.25, 0.3) is 0 Å². The van der Waals surface area contributed by atoms with E-state index in [1.165, 1.54) is 11.3 Å². The summed E-state index contributed by atoms with van der Waals surface area (Å²) in [5.74, 6) is 0.707. The van der Waals surface area contributed by atoms with Crippen molar-refractivity contribution in [3.63, 3.8) is 0 Å². The molecule has 3 atom stereocenters. The highest BCUT2D eigenvalue weighted by Crippen LogP contribution is 2.42. The van der Waals surface area contributed by atoms with Crippen LogP contribution in [0.5, 0.6) is 0 Å². The average molecular weight is 337 g/mol. The second kappa shape index (κ2) is 7.62. The van der Waals surface area contributed by atoms with Crippen molar-refractivity contribution in [3.05, 3.63) is 16.1 Å². The number of hydrogen-bond acceptors (Lipinski definition) is 4. The zero-order chi connectivity index (χ0) is 16.2. The van der Waals surface area contributed by atoms with Crippen molar-refractivity contribution in [1.82, 2.24) is 15.6 Å². The molecular formula is C17H27N3O2S. The summed E-state index contributed by atoms with van der Waals surface area (Å²) in [7, 11) is 0. The zero-order valence-electron chi connectivity index (χ0n) is 13.8. The molecule has 3 N–H and O–H groups in total. The molecule has 2 aliphatic carbocycles. The van der Waals surface area contributed by atoms with Gasteiger partial charge in [0, 0.05) is 29.6 Å². The zero-order valence-corrected chi connectivity index (χ0v) is 14.6. The Hall–Kier alpha value is -1.14. The minimum Gasteiger partial charge on any atom is -0.396 e. The summed E-state index contributed by atoms with van der Waals surface area (Å²) in [6, 6.07) is 0.00698. The number of carbonyl (C=O) groups is 1. The number of aromatic nitrogens is 1. The Morgan fingerprint density at radius 2 is 2.13 bits per heavy atom. The molecule has 3 rings (SSSR count). The van der Waals surface area contributed by atoms with Gasteiger partial charge in [-0.15, -0.1) is 11.3 Å². The second-order valence-electron chi connectivity index (χ2n) is 6.93. The number of hydrogen-bond donors (Lipinski definition) is 3. The van der Waals surface area contributed by atoms with Crippen molar-refractivity contribution in [2.45, 2.75) is 64.0 Å². The number of amides is 2. The molecule has 0 aliphatic heterocycles. The summed E-state index contributed by atoms with van der Waals surface area (Å²) in [6.07, 6.45) is 9.62. The number of nitrogens with one attached hydrogen (secondary N) is 2. The third kappa shape index (κ3) is 4.44. The lowest BCUT2D eigenvalue weighted by molar-refractivity contribution is 0.178. The summed E-state index contributed by atoms with van der Waals surface area (Å²) in [4.78, 5) is 18.1. The van der Waals surface area contributed by atoms with Gasteiger partial charge >= 0.3 is 6.03 Å². The SMILES string of the molecule is Cc1cnc(C(NC(=O)NC2CCCCCC2CO)C2CC2)s1. The van der Waals surface area contributed by atoms with Crippen LogP contribution in [0.3, 0.4) is 0 Å². The molecular weight excluding hydrogens is 310 g/mol. The molecule has 1 aromatic heterocycles. The maximum Gasteiger partial charge on any atom is 0.315 e. The van der Waals surface area contributed by atoms with Crippen LogP contribution in [0.4, 0.5) is 4.79 Å². The molecule has 1 aromatic rings. The molecule has 0 bridgehead atoms. The minimum absolute atomic E-state index is 0.0343. The van der Waals surface area contributed by atoms with E-state index in [0.29, 0.717) is 5.92 Å². The largest absolute Gasteiger partial charge is 0.396 e. The molecule has 0 radical (unpaired) electrons. The van der Waals surface area contributed by atoms with Gasteiger partial charge in [0.1, 0.15) is 5.01 Å². The van der Waals surface area contributed by atoms with Crippen LogP contribution in [0.1, 0.15) is 60.9 Å². The van der Waals surface area contributed by atoms with Gasteiger partial charge in [-0.2, -0.15) is 0 Å². The number of nitrogens with zero attached hydrogens (tertiary/aromatic N) is 1. The Morgan fingerprint density at radius 1 is 1.35 bits per heavy atom. The van der Waals surface area contributed by atoms with Crippen molar-refractivity contribution >= 4 is 17.4 Å². The maximum atomic E-state index is 12.5. The molecule has 3 unspecified atom stereocenters. The smallest absolute Gasteiger partial charge is 0.315 e. The van der Waals surface area contributed by atoms with Crippen molar-refractivity contribution in [3.8, 4) is 0 Å². The monoisotopic (exact) mass is 337 g/mol. The fourth-order valence-electron chi connectivity index (χ4n) is 3.47. The Labute approximate surface area is 141 Å². The maximum absolute atomic E-state index is 12.5. The number of carbonyl (C=O) groups excluding carboxylic acids is 1. The molecule has 6 heteroatoms. The summed E-state index contributed by atoms with van der Waals surface area (Å²) >= 11 is 1.67. The molecule has 0 aromatic carbocycles. The third-order valence-electron chi connectivity index (χ3n) is 5.00. The van der Waals surface area contributed by atoms with Crippen molar-refractivity contribution in [1.29, 1.82) is 0 Å². The van der Waals surface area contributed by atoms with Gasteiger partial charge in [0.05, 0.1) is 6.04 Å². The van der Waals surface area contributed by atoms with E-state index >= 15 is 0 Å². The molecule has 0 saturated heterocycles. The van der Waals surface area contributed by atoms with Gasteiger partial charge in [0.2, 0.25) is 0 Å². The predicted octanol–water partition coefficient (Wildman–Crippen LogP) is 3.14. The quantitative estimate of drug-likeness (QED) is 0.723. The van der Waals surface area contributed by atoms with Crippen LogP contribution in [-0.4, -0.2) is 28.8 Å². The van der Waals surface area contributed by atoms with E-state index in [-0.39, 0.29) is 30.6 Å². The van der Waals surface area contributed by atoms with Gasteiger partial charge in [-0.05, 0) is 38.5 Å². The molecule has 2 fully saturated rings. The van der Waals surface area contributed by atoms with E-state index in [1.807, 2.05) is 13.1 Å². The number of urea groups is 1. The molecule has 0 spiro atoms. The first kappa shape index (κ1) is 16.7. The summed E-state index contributed by atoms with van der Waals surface area (Å²) in [6.45, 7) is 2.20. The van der Waals surface area contributed by atoms with Crippen LogP contribution in [0.2, 0.25) is 0 Å². The normalized spacial score (nSPS) is 26.3. The van der Waals surface area contributed by atoms with Crippen LogP contribution >= 0.6 is 11.3 Å². The molecule has 23 heavy (non-hydrogen) atoms. The lowest BCUT2D eigenvalue weighted by Gasteiger charge is -2.26. The highest BCUT2D eigenvalue weighted by atomic mass is 32.1. The van der Waals surface area contributed by atoms with Crippen molar-refractivity contribution in [2.24, 2.45) is 11.8 Å². The Kier molecular flexibility index (Phi) is 5.54. The van der Waals surface area contributed by atoms with E-state index in [2.05, 4.69) is 15.6 Å². The van der Waals surface area contributed by atoms with E-state index in [4.69, 9.17) is 0 Å². The number of aliphatic hydroxyl groups is 1. The first-order chi connectivity index (χ1) is 11.2. The number of thiazole rings is 1. The molecule has 128 valence electrons. The Morgan fingerprint density at radius 3 is 2.78 bits per heavy atom. The summed E-state index contributed by atoms with van der Waals surface area (Å²) in [5.41, 5.74) is 0. The van der Waals surface area contributed by atoms with E-state index in [1.54, 1.807) is 11.3 Å². The number of aliphatic hydroxyl groups excluding tert-OH is 1. The summed E-state index contributed by atoms with van der Waals surface area (Å²) in [5, 5.41) is 16.8. The van der Waals surface area contributed by atoms with Crippen LogP contribution < -0.4 is 10.6 Å². The Bertz CT molecular complexity index is 530.